The highest BCUT2D eigenvalue weighted by Gasteiger charge is 2.04. The van der Waals surface area contributed by atoms with Crippen LogP contribution in [0.25, 0.3) is 0 Å². The largest absolute Gasteiger partial charge is 0.144 e. The van der Waals surface area contributed by atoms with E-state index in [1.807, 2.05) is 24.3 Å². The maximum absolute atomic E-state index is 5.92. The smallest absolute Gasteiger partial charge is 0.121 e. The van der Waals surface area contributed by atoms with E-state index in [1.54, 1.807) is 11.3 Å². The van der Waals surface area contributed by atoms with Crippen LogP contribution in [0.2, 0.25) is 5.02 Å². The molecule has 0 spiro atoms. The molecule has 0 N–H and O–H groups in total. The van der Waals surface area contributed by atoms with E-state index in [4.69, 9.17) is 23.2 Å². The molecule has 0 aliphatic heterocycles. The molecule has 84 valence electrons. The topological polar surface area (TPSA) is 25.8 Å². The van der Waals surface area contributed by atoms with Gasteiger partial charge in [0, 0.05) is 23.7 Å². The zero-order valence-electron chi connectivity index (χ0n) is 8.49. The van der Waals surface area contributed by atoms with Crippen molar-refractivity contribution in [2.75, 3.05) is 5.88 Å². The first-order valence-electron chi connectivity index (χ1n) is 4.89. The monoisotopic (exact) mass is 272 g/mol. The van der Waals surface area contributed by atoms with Gasteiger partial charge in [-0.2, -0.15) is 0 Å². The summed E-state index contributed by atoms with van der Waals surface area (Å²) in [5.41, 5.74) is 1.15. The van der Waals surface area contributed by atoms with Crippen LogP contribution in [0.4, 0.5) is 0 Å². The Hall–Kier alpha value is -0.640. The van der Waals surface area contributed by atoms with Crippen molar-refractivity contribution in [2.45, 2.75) is 12.8 Å². The highest BCUT2D eigenvalue weighted by atomic mass is 35.5. The second kappa shape index (κ2) is 5.62. The molecule has 0 atom stereocenters. The molecule has 16 heavy (non-hydrogen) atoms. The summed E-state index contributed by atoms with van der Waals surface area (Å²) in [7, 11) is 0. The second-order valence-electron chi connectivity index (χ2n) is 3.34. The van der Waals surface area contributed by atoms with Gasteiger partial charge < -0.3 is 0 Å². The quantitative estimate of drug-likeness (QED) is 0.796. The van der Waals surface area contributed by atoms with Gasteiger partial charge >= 0.3 is 0 Å². The molecule has 0 unspecified atom stereocenters. The Kier molecular flexibility index (Phi) is 4.16. The minimum absolute atomic E-state index is 0.589. The van der Waals surface area contributed by atoms with Crippen LogP contribution in [0.5, 0.6) is 0 Å². The number of hydrogen-bond acceptors (Lipinski definition) is 3. The SMILES string of the molecule is ClCCc1nnc(Cc2cccc(Cl)c2)s1. The Labute approximate surface area is 108 Å². The van der Waals surface area contributed by atoms with E-state index in [-0.39, 0.29) is 0 Å². The van der Waals surface area contributed by atoms with Gasteiger partial charge in [-0.05, 0) is 17.7 Å². The molecule has 1 heterocycles. The van der Waals surface area contributed by atoms with Crippen LogP contribution in [-0.2, 0) is 12.8 Å². The van der Waals surface area contributed by atoms with Crippen LogP contribution >= 0.6 is 34.5 Å². The number of halogens is 2. The standard InChI is InChI=1S/C11H10Cl2N2S/c12-5-4-10-14-15-11(16-10)7-8-2-1-3-9(13)6-8/h1-3,6H,4-5,7H2. The van der Waals surface area contributed by atoms with Crippen LogP contribution in [-0.4, -0.2) is 16.1 Å². The maximum Gasteiger partial charge on any atom is 0.121 e. The predicted octanol–water partition coefficient (Wildman–Crippen LogP) is 3.56. The first-order valence-corrected chi connectivity index (χ1v) is 6.62. The highest BCUT2D eigenvalue weighted by Crippen LogP contribution is 2.17. The van der Waals surface area contributed by atoms with Gasteiger partial charge in [0.05, 0.1) is 0 Å². The lowest BCUT2D eigenvalue weighted by molar-refractivity contribution is 0.948. The van der Waals surface area contributed by atoms with E-state index in [2.05, 4.69) is 10.2 Å². The number of benzene rings is 1. The third kappa shape index (κ3) is 3.17. The van der Waals surface area contributed by atoms with Gasteiger partial charge in [-0.15, -0.1) is 33.1 Å². The fraction of sp³-hybridized carbons (Fsp3) is 0.273. The summed E-state index contributed by atoms with van der Waals surface area (Å²) in [6.45, 7) is 0. The zero-order chi connectivity index (χ0) is 11.4. The lowest BCUT2D eigenvalue weighted by Gasteiger charge is -1.97. The number of nitrogens with zero attached hydrogens (tertiary/aromatic N) is 2. The number of rotatable bonds is 4. The minimum Gasteiger partial charge on any atom is -0.144 e. The molecule has 0 amide bonds. The number of aryl methyl sites for hydroxylation is 1. The Balaban J connectivity index is 2.08. The molecule has 0 radical (unpaired) electrons. The average Bonchev–Trinajstić information content (AvgIpc) is 2.66. The summed E-state index contributed by atoms with van der Waals surface area (Å²) in [6.07, 6.45) is 1.56. The molecular formula is C11H10Cl2N2S. The molecule has 5 heteroatoms. The molecule has 0 saturated heterocycles. The van der Waals surface area contributed by atoms with E-state index in [9.17, 15) is 0 Å². The van der Waals surface area contributed by atoms with Crippen LogP contribution in [0.1, 0.15) is 15.6 Å². The van der Waals surface area contributed by atoms with Gasteiger partial charge in [-0.1, -0.05) is 23.7 Å². The minimum atomic E-state index is 0.589. The summed E-state index contributed by atoms with van der Waals surface area (Å²) < 4.78 is 0. The summed E-state index contributed by atoms with van der Waals surface area (Å²) in [5, 5.41) is 10.9. The first-order chi connectivity index (χ1) is 7.78. The van der Waals surface area contributed by atoms with Gasteiger partial charge in [-0.25, -0.2) is 0 Å². The van der Waals surface area contributed by atoms with Crippen molar-refractivity contribution in [3.8, 4) is 0 Å². The Bertz CT molecular complexity index is 471. The van der Waals surface area contributed by atoms with Crippen molar-refractivity contribution in [3.63, 3.8) is 0 Å². The summed E-state index contributed by atoms with van der Waals surface area (Å²) in [4.78, 5) is 0. The molecule has 0 aliphatic carbocycles. The third-order valence-electron chi connectivity index (χ3n) is 2.06. The van der Waals surface area contributed by atoms with Crippen molar-refractivity contribution in [1.29, 1.82) is 0 Å². The maximum atomic E-state index is 5.92. The van der Waals surface area contributed by atoms with Crippen molar-refractivity contribution in [3.05, 3.63) is 44.9 Å². The normalized spacial score (nSPS) is 10.6. The number of hydrogen-bond donors (Lipinski definition) is 0. The van der Waals surface area contributed by atoms with E-state index in [1.165, 1.54) is 0 Å². The van der Waals surface area contributed by atoms with Crippen LogP contribution in [0.3, 0.4) is 0 Å². The highest BCUT2D eigenvalue weighted by molar-refractivity contribution is 7.11. The molecule has 0 aliphatic rings. The Morgan fingerprint density at radius 2 is 2.00 bits per heavy atom. The van der Waals surface area contributed by atoms with E-state index in [0.717, 1.165) is 33.4 Å². The molecular weight excluding hydrogens is 263 g/mol. The van der Waals surface area contributed by atoms with Gasteiger partial charge in [0.25, 0.3) is 0 Å². The molecule has 2 nitrogen and oxygen atoms in total. The van der Waals surface area contributed by atoms with Crippen molar-refractivity contribution in [2.24, 2.45) is 0 Å². The zero-order valence-corrected chi connectivity index (χ0v) is 10.8. The predicted molar refractivity (Wildman–Crippen MR) is 68.6 cm³/mol. The molecule has 0 fully saturated rings. The fourth-order valence-corrected chi connectivity index (χ4v) is 2.75. The van der Waals surface area contributed by atoms with Gasteiger partial charge in [-0.3, -0.25) is 0 Å². The Morgan fingerprint density at radius 1 is 1.19 bits per heavy atom. The van der Waals surface area contributed by atoms with Crippen LogP contribution < -0.4 is 0 Å². The van der Waals surface area contributed by atoms with Crippen LogP contribution in [0, 0.1) is 0 Å². The van der Waals surface area contributed by atoms with Crippen molar-refractivity contribution >= 4 is 34.5 Å². The summed E-state index contributed by atoms with van der Waals surface area (Å²) in [6, 6.07) is 7.79. The lowest BCUT2D eigenvalue weighted by Crippen LogP contribution is -1.86. The van der Waals surface area contributed by atoms with E-state index in [0.29, 0.717) is 5.88 Å². The van der Waals surface area contributed by atoms with E-state index >= 15 is 0 Å². The summed E-state index contributed by atoms with van der Waals surface area (Å²) in [5.74, 6) is 0.589. The molecule has 0 bridgehead atoms. The number of aromatic nitrogens is 2. The van der Waals surface area contributed by atoms with Crippen molar-refractivity contribution < 1.29 is 0 Å². The molecule has 2 aromatic rings. The Morgan fingerprint density at radius 3 is 2.75 bits per heavy atom. The third-order valence-corrected chi connectivity index (χ3v) is 3.47. The lowest BCUT2D eigenvalue weighted by atomic mass is 10.2. The molecule has 2 rings (SSSR count). The molecule has 1 aromatic carbocycles. The molecule has 1 aromatic heterocycles. The molecule has 0 saturated carbocycles. The van der Waals surface area contributed by atoms with Crippen molar-refractivity contribution in [1.82, 2.24) is 10.2 Å². The number of alkyl halides is 1. The summed E-state index contributed by atoms with van der Waals surface area (Å²) >= 11 is 13.2. The van der Waals surface area contributed by atoms with Gasteiger partial charge in [0.1, 0.15) is 10.0 Å². The first kappa shape index (κ1) is 11.8. The second-order valence-corrected chi connectivity index (χ2v) is 5.30. The average molecular weight is 273 g/mol. The van der Waals surface area contributed by atoms with E-state index < -0.39 is 0 Å². The van der Waals surface area contributed by atoms with Gasteiger partial charge in [0.2, 0.25) is 0 Å². The van der Waals surface area contributed by atoms with Crippen LogP contribution in [0.15, 0.2) is 24.3 Å². The van der Waals surface area contributed by atoms with Gasteiger partial charge in [0.15, 0.2) is 0 Å². The fourth-order valence-electron chi connectivity index (χ4n) is 1.36.